The second-order valence-corrected chi connectivity index (χ2v) is 8.38. The average Bonchev–Trinajstić information content (AvgIpc) is 3.34. The molecule has 1 unspecified atom stereocenters. The van der Waals surface area contributed by atoms with Gasteiger partial charge in [0, 0.05) is 37.9 Å². The molecule has 0 radical (unpaired) electrons. The van der Waals surface area contributed by atoms with Crippen molar-refractivity contribution in [1.29, 1.82) is 0 Å². The number of aromatic nitrogens is 5. The third-order valence-corrected chi connectivity index (χ3v) is 5.96. The van der Waals surface area contributed by atoms with Gasteiger partial charge in [-0.1, -0.05) is 5.21 Å². The van der Waals surface area contributed by atoms with Crippen LogP contribution < -0.4 is 0 Å². The van der Waals surface area contributed by atoms with Crippen LogP contribution in [0.3, 0.4) is 0 Å². The van der Waals surface area contributed by atoms with Crippen LogP contribution in [-0.4, -0.2) is 48.3 Å². The van der Waals surface area contributed by atoms with Crippen molar-refractivity contribution in [1.82, 2.24) is 29.3 Å². The highest BCUT2D eigenvalue weighted by Crippen LogP contribution is 2.38. The van der Waals surface area contributed by atoms with Gasteiger partial charge in [0.1, 0.15) is 11.3 Å². The Bertz CT molecular complexity index is 1030. The van der Waals surface area contributed by atoms with Gasteiger partial charge in [0.2, 0.25) is 0 Å². The number of rotatable bonds is 4. The monoisotopic (exact) mass is 378 g/mol. The number of aryl methyl sites for hydroxylation is 2. The zero-order chi connectivity index (χ0) is 19.3. The number of nitrogens with zero attached hydrogens (tertiary/aromatic N) is 6. The first-order chi connectivity index (χ1) is 13.6. The van der Waals surface area contributed by atoms with Gasteiger partial charge in [0.15, 0.2) is 0 Å². The number of pyridine rings is 1. The van der Waals surface area contributed by atoms with Crippen molar-refractivity contribution in [3.05, 3.63) is 47.2 Å². The Morgan fingerprint density at radius 1 is 1.25 bits per heavy atom. The minimum absolute atomic E-state index is 0.0795. The van der Waals surface area contributed by atoms with Crippen LogP contribution in [0.25, 0.3) is 5.65 Å². The first kappa shape index (κ1) is 17.4. The molecule has 7 heteroatoms. The maximum atomic E-state index is 13.3. The Morgan fingerprint density at radius 2 is 2.11 bits per heavy atom. The maximum absolute atomic E-state index is 13.3. The lowest BCUT2D eigenvalue weighted by atomic mass is 9.97. The van der Waals surface area contributed by atoms with Gasteiger partial charge in [-0.05, 0) is 63.1 Å². The summed E-state index contributed by atoms with van der Waals surface area (Å²) < 4.78 is 3.89. The smallest absolute Gasteiger partial charge is 0.272 e. The van der Waals surface area contributed by atoms with Crippen molar-refractivity contribution >= 4 is 11.6 Å². The van der Waals surface area contributed by atoms with Crippen LogP contribution in [0, 0.1) is 19.8 Å². The Morgan fingerprint density at radius 3 is 2.93 bits per heavy atom. The molecule has 1 amide bonds. The van der Waals surface area contributed by atoms with Crippen LogP contribution in [0.2, 0.25) is 0 Å². The van der Waals surface area contributed by atoms with Gasteiger partial charge in [-0.15, -0.1) is 5.10 Å². The lowest BCUT2D eigenvalue weighted by Gasteiger charge is -2.32. The Hall–Kier alpha value is -2.70. The van der Waals surface area contributed by atoms with E-state index in [2.05, 4.69) is 21.5 Å². The second-order valence-electron chi connectivity index (χ2n) is 8.38. The quantitative estimate of drug-likeness (QED) is 0.700. The summed E-state index contributed by atoms with van der Waals surface area (Å²) >= 11 is 0. The fourth-order valence-electron chi connectivity index (χ4n) is 4.30. The van der Waals surface area contributed by atoms with E-state index in [0.717, 1.165) is 55.1 Å². The lowest BCUT2D eigenvalue weighted by Crippen LogP contribution is -2.41. The minimum atomic E-state index is 0.0795. The summed E-state index contributed by atoms with van der Waals surface area (Å²) in [6.45, 7) is 6.36. The van der Waals surface area contributed by atoms with Crippen LogP contribution in [0.4, 0.5) is 0 Å². The summed E-state index contributed by atoms with van der Waals surface area (Å²) in [6, 6.07) is 4.04. The lowest BCUT2D eigenvalue weighted by molar-refractivity contribution is 0.0651. The van der Waals surface area contributed by atoms with Gasteiger partial charge >= 0.3 is 0 Å². The Labute approximate surface area is 164 Å². The van der Waals surface area contributed by atoms with Gasteiger partial charge < -0.3 is 4.90 Å². The second kappa shape index (κ2) is 6.72. The number of carbonyl (C=O) groups excluding carboxylic acids is 1. The van der Waals surface area contributed by atoms with Crippen molar-refractivity contribution in [3.63, 3.8) is 0 Å². The topological polar surface area (TPSA) is 68.3 Å². The van der Waals surface area contributed by atoms with Crippen molar-refractivity contribution in [2.45, 2.75) is 52.0 Å². The average molecular weight is 378 g/mol. The van der Waals surface area contributed by atoms with Crippen LogP contribution in [-0.2, 0) is 6.54 Å². The number of hydrogen-bond acceptors (Lipinski definition) is 4. The molecule has 146 valence electrons. The molecule has 4 heterocycles. The minimum Gasteiger partial charge on any atom is -0.337 e. The molecule has 28 heavy (non-hydrogen) atoms. The van der Waals surface area contributed by atoms with Crippen molar-refractivity contribution in [2.24, 2.45) is 5.92 Å². The van der Waals surface area contributed by atoms with E-state index < -0.39 is 0 Å². The van der Waals surface area contributed by atoms with Crippen molar-refractivity contribution in [3.8, 4) is 0 Å². The molecule has 1 aliphatic heterocycles. The predicted octanol–water partition coefficient (Wildman–Crippen LogP) is 2.97. The molecule has 1 saturated heterocycles. The van der Waals surface area contributed by atoms with E-state index in [1.807, 2.05) is 46.2 Å². The molecule has 3 aromatic heterocycles. The summed E-state index contributed by atoms with van der Waals surface area (Å²) in [5.74, 6) is 1.11. The molecule has 5 rings (SSSR count). The molecule has 1 saturated carbocycles. The third-order valence-electron chi connectivity index (χ3n) is 5.96. The zero-order valence-corrected chi connectivity index (χ0v) is 16.5. The number of imidazole rings is 1. The van der Waals surface area contributed by atoms with Crippen molar-refractivity contribution < 1.29 is 4.79 Å². The van der Waals surface area contributed by atoms with Crippen LogP contribution in [0.1, 0.15) is 59.0 Å². The number of piperidine rings is 1. The summed E-state index contributed by atoms with van der Waals surface area (Å²) in [6.07, 6.45) is 8.66. The molecule has 0 aromatic carbocycles. The van der Waals surface area contributed by atoms with E-state index in [1.54, 1.807) is 0 Å². The van der Waals surface area contributed by atoms with Gasteiger partial charge in [0.05, 0.1) is 11.4 Å². The largest absolute Gasteiger partial charge is 0.337 e. The highest BCUT2D eigenvalue weighted by Gasteiger charge is 2.29. The molecule has 1 atom stereocenters. The molecule has 0 spiro atoms. The Balaban J connectivity index is 1.33. The predicted molar refractivity (Wildman–Crippen MR) is 105 cm³/mol. The fourth-order valence-corrected chi connectivity index (χ4v) is 4.30. The molecule has 7 nitrogen and oxygen atoms in total. The highest BCUT2D eigenvalue weighted by atomic mass is 16.2. The summed E-state index contributed by atoms with van der Waals surface area (Å²) in [5.41, 5.74) is 4.59. The SMILES string of the molecule is Cc1ccn2c(C(=O)N3CCCC(Cn4cc(C5CC5)nn4)C3)c(C)nc2c1. The van der Waals surface area contributed by atoms with E-state index in [4.69, 9.17) is 0 Å². The van der Waals surface area contributed by atoms with Crippen LogP contribution in [0.5, 0.6) is 0 Å². The van der Waals surface area contributed by atoms with Gasteiger partial charge in [-0.2, -0.15) is 0 Å². The van der Waals surface area contributed by atoms with Crippen molar-refractivity contribution in [2.75, 3.05) is 13.1 Å². The first-order valence-electron chi connectivity index (χ1n) is 10.2. The number of hydrogen-bond donors (Lipinski definition) is 0. The standard InChI is InChI=1S/C21H26N6O/c1-14-7-9-27-19(10-14)22-15(2)20(27)21(28)25-8-3-4-16(11-25)12-26-13-18(23-24-26)17-5-6-17/h7,9-10,13,16-17H,3-6,8,11-12H2,1-2H3. The maximum Gasteiger partial charge on any atom is 0.272 e. The first-order valence-corrected chi connectivity index (χ1v) is 10.2. The molecular weight excluding hydrogens is 352 g/mol. The fraction of sp³-hybridized carbons (Fsp3) is 0.524. The molecule has 2 fully saturated rings. The molecule has 2 aliphatic rings. The van der Waals surface area contributed by atoms with Gasteiger partial charge in [-0.3, -0.25) is 13.9 Å². The highest BCUT2D eigenvalue weighted by molar-refractivity contribution is 5.94. The van der Waals surface area contributed by atoms with Crippen LogP contribution >= 0.6 is 0 Å². The van der Waals surface area contributed by atoms with Gasteiger partial charge in [-0.25, -0.2) is 4.98 Å². The zero-order valence-electron chi connectivity index (χ0n) is 16.5. The summed E-state index contributed by atoms with van der Waals surface area (Å²) in [5, 5.41) is 8.62. The molecule has 3 aromatic rings. The molecular formula is C21H26N6O. The molecule has 1 aliphatic carbocycles. The number of fused-ring (bicyclic) bond motifs is 1. The van der Waals surface area contributed by atoms with E-state index in [0.29, 0.717) is 17.5 Å². The van der Waals surface area contributed by atoms with E-state index in [-0.39, 0.29) is 5.91 Å². The number of likely N-dealkylation sites (tertiary alicyclic amines) is 1. The third kappa shape index (κ3) is 3.19. The summed E-state index contributed by atoms with van der Waals surface area (Å²) in [4.78, 5) is 19.9. The summed E-state index contributed by atoms with van der Waals surface area (Å²) in [7, 11) is 0. The van der Waals surface area contributed by atoms with Gasteiger partial charge in [0.25, 0.3) is 5.91 Å². The van der Waals surface area contributed by atoms with E-state index in [9.17, 15) is 4.79 Å². The van der Waals surface area contributed by atoms with Crippen LogP contribution in [0.15, 0.2) is 24.5 Å². The molecule has 0 bridgehead atoms. The number of amides is 1. The Kier molecular flexibility index (Phi) is 4.18. The number of carbonyl (C=O) groups is 1. The van der Waals surface area contributed by atoms with E-state index in [1.165, 1.54) is 12.8 Å². The normalized spacial score (nSPS) is 20.1. The van der Waals surface area contributed by atoms with E-state index >= 15 is 0 Å². The molecule has 0 N–H and O–H groups in total.